The zero-order valence-corrected chi connectivity index (χ0v) is 17.1. The Balaban J connectivity index is 0.000000568. The number of hydrogen-bond donors (Lipinski definition) is 2. The molecular formula is C23H25N5O. The number of nitrogens with zero attached hydrogens (tertiary/aromatic N) is 3. The van der Waals surface area contributed by atoms with Gasteiger partial charge in [0.05, 0.1) is 23.4 Å². The van der Waals surface area contributed by atoms with Crippen molar-refractivity contribution in [3.8, 4) is 11.4 Å². The predicted molar refractivity (Wildman–Crippen MR) is 119 cm³/mol. The molecule has 0 aliphatic carbocycles. The van der Waals surface area contributed by atoms with E-state index in [-0.39, 0.29) is 0 Å². The highest BCUT2D eigenvalue weighted by atomic mass is 16.3. The monoisotopic (exact) mass is 387 g/mol. The summed E-state index contributed by atoms with van der Waals surface area (Å²) < 4.78 is 5.51. The number of H-pyrrole nitrogens is 1. The van der Waals surface area contributed by atoms with Crippen LogP contribution >= 0.6 is 0 Å². The normalized spacial score (nSPS) is 10.1. The molecule has 0 spiro atoms. The van der Waals surface area contributed by atoms with Gasteiger partial charge in [0.25, 0.3) is 0 Å². The SMILES string of the molecule is CC.CC.c1ccc(-c2nc(Nc3ccc4[nH]ncc4c3)c3ccoc3n2)cc1. The van der Waals surface area contributed by atoms with E-state index in [9.17, 15) is 0 Å². The number of furan rings is 1. The summed E-state index contributed by atoms with van der Waals surface area (Å²) in [5.74, 6) is 1.33. The second-order valence-electron chi connectivity index (χ2n) is 5.70. The van der Waals surface area contributed by atoms with Gasteiger partial charge in [-0.2, -0.15) is 10.1 Å². The number of aromatic nitrogens is 4. The molecule has 148 valence electrons. The van der Waals surface area contributed by atoms with Gasteiger partial charge in [-0.25, -0.2) is 4.98 Å². The highest BCUT2D eigenvalue weighted by molar-refractivity contribution is 5.90. The van der Waals surface area contributed by atoms with E-state index in [1.807, 2.05) is 82.3 Å². The lowest BCUT2D eigenvalue weighted by atomic mass is 10.2. The van der Waals surface area contributed by atoms with Crippen molar-refractivity contribution in [3.63, 3.8) is 0 Å². The van der Waals surface area contributed by atoms with E-state index in [0.717, 1.165) is 27.5 Å². The van der Waals surface area contributed by atoms with Crippen LogP contribution in [-0.4, -0.2) is 20.2 Å². The average Bonchev–Trinajstić information content (AvgIpc) is 3.46. The molecule has 0 aliphatic heterocycles. The van der Waals surface area contributed by atoms with E-state index < -0.39 is 0 Å². The Morgan fingerprint density at radius 1 is 0.897 bits per heavy atom. The number of aromatic amines is 1. The van der Waals surface area contributed by atoms with E-state index in [1.165, 1.54) is 0 Å². The van der Waals surface area contributed by atoms with Crippen LogP contribution in [-0.2, 0) is 0 Å². The number of benzene rings is 2. The van der Waals surface area contributed by atoms with Gasteiger partial charge in [-0.1, -0.05) is 58.0 Å². The molecule has 3 aromatic heterocycles. The van der Waals surface area contributed by atoms with Crippen molar-refractivity contribution >= 4 is 33.5 Å². The molecule has 0 radical (unpaired) electrons. The molecule has 0 amide bonds. The van der Waals surface area contributed by atoms with Crippen LogP contribution in [0.2, 0.25) is 0 Å². The van der Waals surface area contributed by atoms with Gasteiger partial charge in [0.15, 0.2) is 5.82 Å². The Kier molecular flexibility index (Phi) is 6.58. The molecule has 5 rings (SSSR count). The van der Waals surface area contributed by atoms with E-state index in [4.69, 9.17) is 9.40 Å². The van der Waals surface area contributed by atoms with Crippen LogP contribution < -0.4 is 5.32 Å². The third-order valence-corrected chi connectivity index (χ3v) is 4.06. The molecule has 0 saturated heterocycles. The van der Waals surface area contributed by atoms with Crippen LogP contribution in [0.25, 0.3) is 33.4 Å². The summed E-state index contributed by atoms with van der Waals surface area (Å²) in [6.45, 7) is 8.00. The maximum atomic E-state index is 5.51. The maximum Gasteiger partial charge on any atom is 0.231 e. The first kappa shape index (κ1) is 20.1. The number of anilines is 2. The van der Waals surface area contributed by atoms with E-state index in [1.54, 1.807) is 12.5 Å². The second-order valence-corrected chi connectivity index (χ2v) is 5.70. The molecule has 6 heteroatoms. The summed E-state index contributed by atoms with van der Waals surface area (Å²) in [6.07, 6.45) is 3.42. The quantitative estimate of drug-likeness (QED) is 0.366. The van der Waals surface area contributed by atoms with Gasteiger partial charge in [0.1, 0.15) is 5.82 Å². The van der Waals surface area contributed by atoms with Crippen LogP contribution in [0.1, 0.15) is 27.7 Å². The first-order chi connectivity index (χ1) is 14.4. The first-order valence-electron chi connectivity index (χ1n) is 9.88. The minimum Gasteiger partial charge on any atom is -0.446 e. The molecule has 0 aliphatic rings. The van der Waals surface area contributed by atoms with Crippen molar-refractivity contribution in [1.82, 2.24) is 20.2 Å². The molecule has 3 heterocycles. The Bertz CT molecular complexity index is 1180. The maximum absolute atomic E-state index is 5.51. The molecule has 0 fully saturated rings. The summed E-state index contributed by atoms with van der Waals surface area (Å²) in [7, 11) is 0. The van der Waals surface area contributed by atoms with E-state index >= 15 is 0 Å². The molecule has 6 nitrogen and oxygen atoms in total. The van der Waals surface area contributed by atoms with E-state index in [0.29, 0.717) is 17.4 Å². The van der Waals surface area contributed by atoms with Crippen molar-refractivity contribution in [2.75, 3.05) is 5.32 Å². The van der Waals surface area contributed by atoms with Gasteiger partial charge >= 0.3 is 0 Å². The summed E-state index contributed by atoms with van der Waals surface area (Å²) in [6, 6.07) is 17.7. The standard InChI is InChI=1S/C19H13N5O.2C2H6/c1-2-4-12(5-3-1)17-22-18(15-8-9-25-19(15)23-17)21-14-6-7-16-13(10-14)11-20-24-16;2*1-2/h1-11H,(H,20,24)(H,21,22,23);2*1-2H3. The molecule has 2 N–H and O–H groups in total. The zero-order valence-electron chi connectivity index (χ0n) is 17.1. The largest absolute Gasteiger partial charge is 0.446 e. The summed E-state index contributed by atoms with van der Waals surface area (Å²) in [5.41, 5.74) is 3.41. The Morgan fingerprint density at radius 2 is 1.69 bits per heavy atom. The van der Waals surface area contributed by atoms with Crippen LogP contribution in [0, 0.1) is 0 Å². The second kappa shape index (κ2) is 9.50. The van der Waals surface area contributed by atoms with Crippen LogP contribution in [0.3, 0.4) is 0 Å². The van der Waals surface area contributed by atoms with Gasteiger partial charge in [-0.05, 0) is 24.3 Å². The fourth-order valence-corrected chi connectivity index (χ4v) is 2.82. The van der Waals surface area contributed by atoms with Gasteiger partial charge in [0, 0.05) is 16.6 Å². The Morgan fingerprint density at radius 3 is 2.48 bits per heavy atom. The van der Waals surface area contributed by atoms with Crippen LogP contribution in [0.5, 0.6) is 0 Å². The van der Waals surface area contributed by atoms with Crippen molar-refractivity contribution in [1.29, 1.82) is 0 Å². The number of rotatable bonds is 3. The third-order valence-electron chi connectivity index (χ3n) is 4.06. The van der Waals surface area contributed by atoms with Gasteiger partial charge in [0.2, 0.25) is 5.71 Å². The van der Waals surface area contributed by atoms with Crippen LogP contribution in [0.4, 0.5) is 11.5 Å². The predicted octanol–water partition coefficient (Wildman–Crippen LogP) is 6.56. The van der Waals surface area contributed by atoms with Gasteiger partial charge in [-0.3, -0.25) is 5.10 Å². The van der Waals surface area contributed by atoms with Crippen molar-refractivity contribution in [2.24, 2.45) is 0 Å². The Labute approximate surface area is 170 Å². The molecule has 2 aromatic carbocycles. The fourth-order valence-electron chi connectivity index (χ4n) is 2.82. The number of nitrogens with one attached hydrogen (secondary N) is 2. The van der Waals surface area contributed by atoms with Crippen molar-refractivity contribution in [2.45, 2.75) is 27.7 Å². The number of hydrogen-bond acceptors (Lipinski definition) is 5. The number of fused-ring (bicyclic) bond motifs is 2. The fraction of sp³-hybridized carbons (Fsp3) is 0.174. The third kappa shape index (κ3) is 4.27. The molecule has 0 unspecified atom stereocenters. The first-order valence-corrected chi connectivity index (χ1v) is 9.88. The average molecular weight is 387 g/mol. The van der Waals surface area contributed by atoms with Gasteiger partial charge in [-0.15, -0.1) is 0 Å². The smallest absolute Gasteiger partial charge is 0.231 e. The van der Waals surface area contributed by atoms with Crippen LogP contribution in [0.15, 0.2) is 71.5 Å². The molecule has 0 bridgehead atoms. The molecular weight excluding hydrogens is 362 g/mol. The summed E-state index contributed by atoms with van der Waals surface area (Å²) in [5, 5.41) is 12.2. The van der Waals surface area contributed by atoms with Crippen molar-refractivity contribution in [3.05, 3.63) is 67.1 Å². The molecule has 0 atom stereocenters. The lowest BCUT2D eigenvalue weighted by Gasteiger charge is -2.08. The Hall–Kier alpha value is -3.67. The minimum absolute atomic E-state index is 0.556. The highest BCUT2D eigenvalue weighted by Crippen LogP contribution is 2.28. The topological polar surface area (TPSA) is 79.6 Å². The molecule has 29 heavy (non-hydrogen) atoms. The molecule has 0 saturated carbocycles. The summed E-state index contributed by atoms with van der Waals surface area (Å²) >= 11 is 0. The van der Waals surface area contributed by atoms with Crippen molar-refractivity contribution < 1.29 is 4.42 Å². The summed E-state index contributed by atoms with van der Waals surface area (Å²) in [4.78, 5) is 9.22. The zero-order chi connectivity index (χ0) is 20.6. The van der Waals surface area contributed by atoms with Gasteiger partial charge < -0.3 is 9.73 Å². The minimum atomic E-state index is 0.556. The lowest BCUT2D eigenvalue weighted by Crippen LogP contribution is -1.98. The highest BCUT2D eigenvalue weighted by Gasteiger charge is 2.12. The van der Waals surface area contributed by atoms with E-state index in [2.05, 4.69) is 20.5 Å². The molecule has 5 aromatic rings. The lowest BCUT2D eigenvalue weighted by molar-refractivity contribution is 0.603.